The average molecular weight is 364 g/mol. The Bertz CT molecular complexity index is 552. The zero-order valence-corrected chi connectivity index (χ0v) is 17.0. The van der Waals surface area contributed by atoms with Crippen molar-refractivity contribution < 1.29 is 4.79 Å². The van der Waals surface area contributed by atoms with Crippen LogP contribution in [-0.2, 0) is 11.2 Å². The summed E-state index contributed by atoms with van der Waals surface area (Å²) in [4.78, 5) is 16.9. The Morgan fingerprint density at radius 1 is 1.32 bits per heavy atom. The van der Waals surface area contributed by atoms with E-state index in [0.717, 1.165) is 36.4 Å². The van der Waals surface area contributed by atoms with Gasteiger partial charge in [0, 0.05) is 56.6 Å². The van der Waals surface area contributed by atoms with E-state index in [0.29, 0.717) is 5.41 Å². The van der Waals surface area contributed by atoms with Gasteiger partial charge in [0.25, 0.3) is 0 Å². The summed E-state index contributed by atoms with van der Waals surface area (Å²) in [5, 5.41) is 3.38. The van der Waals surface area contributed by atoms with E-state index < -0.39 is 0 Å². The van der Waals surface area contributed by atoms with Crippen molar-refractivity contribution in [1.29, 1.82) is 0 Å². The van der Waals surface area contributed by atoms with Gasteiger partial charge in [-0.1, -0.05) is 45.0 Å². The monoisotopic (exact) mass is 363 g/mol. The number of rotatable bonds is 8. The number of carbonyl (C=O) groups is 1. The second-order valence-electron chi connectivity index (χ2n) is 7.00. The molecule has 0 aromatic heterocycles. The van der Waals surface area contributed by atoms with Crippen molar-refractivity contribution in [3.63, 3.8) is 0 Å². The molecular formula is C20H33N3OS. The maximum Gasteiger partial charge on any atom is 0.181 e. The Balaban J connectivity index is 0.00000109. The van der Waals surface area contributed by atoms with Gasteiger partial charge in [-0.05, 0) is 24.1 Å². The van der Waals surface area contributed by atoms with Crippen LogP contribution in [0.1, 0.15) is 32.8 Å². The molecule has 0 radical (unpaired) electrons. The summed E-state index contributed by atoms with van der Waals surface area (Å²) in [6, 6.07) is 6.54. The van der Waals surface area contributed by atoms with Crippen LogP contribution in [0.2, 0.25) is 0 Å². The van der Waals surface area contributed by atoms with E-state index in [4.69, 9.17) is 0 Å². The third kappa shape index (κ3) is 4.99. The number of likely N-dealkylation sites (N-methyl/N-ethyl adjacent to an activating group) is 1. The molecule has 0 amide bonds. The highest BCUT2D eigenvalue weighted by atomic mass is 32.2. The van der Waals surface area contributed by atoms with Crippen LogP contribution in [0.15, 0.2) is 23.1 Å². The van der Waals surface area contributed by atoms with E-state index in [1.807, 2.05) is 13.8 Å². The molecule has 0 atom stereocenters. The first-order valence-electron chi connectivity index (χ1n) is 9.53. The van der Waals surface area contributed by atoms with Gasteiger partial charge < -0.3 is 15.1 Å². The van der Waals surface area contributed by atoms with E-state index in [2.05, 4.69) is 47.3 Å². The SMILES string of the molecule is CC.CCCc1ccc(N(C)CCN2CC3(CNC3)C2)c(SC=O)c1. The number of anilines is 1. The Labute approximate surface area is 157 Å². The van der Waals surface area contributed by atoms with Crippen LogP contribution in [0.4, 0.5) is 5.69 Å². The molecule has 0 aliphatic carbocycles. The largest absolute Gasteiger partial charge is 0.372 e. The predicted molar refractivity (Wildman–Crippen MR) is 109 cm³/mol. The van der Waals surface area contributed by atoms with Gasteiger partial charge in [0.05, 0.1) is 5.69 Å². The molecule has 0 unspecified atom stereocenters. The topological polar surface area (TPSA) is 35.6 Å². The molecule has 5 heteroatoms. The van der Waals surface area contributed by atoms with Crippen LogP contribution in [0.3, 0.4) is 0 Å². The smallest absolute Gasteiger partial charge is 0.181 e. The molecule has 2 aliphatic rings. The molecule has 4 nitrogen and oxygen atoms in total. The molecule has 2 saturated heterocycles. The molecule has 1 N–H and O–H groups in total. The molecule has 140 valence electrons. The number of thioether (sulfide) groups is 1. The summed E-state index contributed by atoms with van der Waals surface area (Å²) in [5.74, 6) is 0. The number of carbonyl (C=O) groups excluding carboxylic acids is 1. The molecule has 0 saturated carbocycles. The standard InChI is InChI=1S/C18H27N3OS.C2H6/c1-3-4-15-5-6-16(17(9-15)23-14-22)20(2)7-8-21-12-18(13-21)10-19-11-18;1-2/h5-6,9,14,19H,3-4,7-8,10-13H2,1-2H3;1-2H3. The van der Waals surface area contributed by atoms with Crippen molar-refractivity contribution >= 4 is 23.1 Å². The summed E-state index contributed by atoms with van der Waals surface area (Å²) < 4.78 is 0. The first kappa shape index (κ1) is 20.3. The molecule has 1 aromatic carbocycles. The number of aryl methyl sites for hydroxylation is 1. The van der Waals surface area contributed by atoms with Crippen LogP contribution in [0, 0.1) is 5.41 Å². The van der Waals surface area contributed by atoms with Gasteiger partial charge in [-0.15, -0.1) is 0 Å². The van der Waals surface area contributed by atoms with E-state index in [1.165, 1.54) is 49.2 Å². The van der Waals surface area contributed by atoms with Crippen LogP contribution < -0.4 is 10.2 Å². The number of nitrogens with one attached hydrogen (secondary N) is 1. The zero-order valence-electron chi connectivity index (χ0n) is 16.2. The van der Waals surface area contributed by atoms with Gasteiger partial charge in [0.15, 0.2) is 5.62 Å². The summed E-state index contributed by atoms with van der Waals surface area (Å²) >= 11 is 1.29. The Hall–Kier alpha value is -1.04. The molecule has 25 heavy (non-hydrogen) atoms. The lowest BCUT2D eigenvalue weighted by molar-refractivity contribution is -0.0371. The van der Waals surface area contributed by atoms with Gasteiger partial charge in [0.2, 0.25) is 0 Å². The zero-order chi connectivity index (χ0) is 18.3. The summed E-state index contributed by atoms with van der Waals surface area (Å²) in [7, 11) is 2.13. The fourth-order valence-electron chi connectivity index (χ4n) is 3.64. The van der Waals surface area contributed by atoms with Crippen molar-refractivity contribution in [2.24, 2.45) is 5.41 Å². The van der Waals surface area contributed by atoms with Crippen LogP contribution in [-0.4, -0.2) is 56.8 Å². The minimum atomic E-state index is 0.596. The van der Waals surface area contributed by atoms with Crippen LogP contribution in [0.5, 0.6) is 0 Å². The molecule has 2 fully saturated rings. The number of hydrogen-bond acceptors (Lipinski definition) is 5. The van der Waals surface area contributed by atoms with Crippen molar-refractivity contribution in [2.75, 3.05) is 51.2 Å². The fraction of sp³-hybridized carbons (Fsp3) is 0.650. The summed E-state index contributed by atoms with van der Waals surface area (Å²) in [5.41, 5.74) is 4.02. The number of benzene rings is 1. The number of hydrogen-bond donors (Lipinski definition) is 1. The van der Waals surface area contributed by atoms with Crippen LogP contribution >= 0.6 is 11.8 Å². The van der Waals surface area contributed by atoms with Crippen molar-refractivity contribution in [1.82, 2.24) is 10.2 Å². The van der Waals surface area contributed by atoms with E-state index in [1.54, 1.807) is 0 Å². The van der Waals surface area contributed by atoms with Gasteiger partial charge >= 0.3 is 0 Å². The normalized spacial score (nSPS) is 17.9. The van der Waals surface area contributed by atoms with E-state index in [-0.39, 0.29) is 0 Å². The Kier molecular flexibility index (Phi) is 7.79. The fourth-order valence-corrected chi connectivity index (χ4v) is 4.31. The molecule has 3 rings (SSSR count). The molecule has 2 aliphatic heterocycles. The molecule has 1 aromatic rings. The van der Waals surface area contributed by atoms with E-state index in [9.17, 15) is 4.79 Å². The minimum Gasteiger partial charge on any atom is -0.372 e. The van der Waals surface area contributed by atoms with Crippen molar-refractivity contribution in [3.05, 3.63) is 23.8 Å². The lowest BCUT2D eigenvalue weighted by atomic mass is 9.74. The predicted octanol–water partition coefficient (Wildman–Crippen LogP) is 3.29. The Morgan fingerprint density at radius 2 is 2.04 bits per heavy atom. The van der Waals surface area contributed by atoms with Gasteiger partial charge in [-0.3, -0.25) is 4.79 Å². The van der Waals surface area contributed by atoms with Crippen molar-refractivity contribution in [2.45, 2.75) is 38.5 Å². The van der Waals surface area contributed by atoms with Crippen LogP contribution in [0.25, 0.3) is 0 Å². The molecular weight excluding hydrogens is 330 g/mol. The molecule has 0 bridgehead atoms. The third-order valence-electron chi connectivity index (χ3n) is 5.02. The highest BCUT2D eigenvalue weighted by Crippen LogP contribution is 2.34. The number of nitrogens with zero attached hydrogens (tertiary/aromatic N) is 2. The lowest BCUT2D eigenvalue weighted by Gasteiger charge is -2.56. The number of likely N-dealkylation sites (tertiary alicyclic amines) is 1. The maximum absolute atomic E-state index is 11.0. The maximum atomic E-state index is 11.0. The third-order valence-corrected chi connectivity index (χ3v) is 5.70. The lowest BCUT2D eigenvalue weighted by Crippen LogP contribution is -2.71. The first-order chi connectivity index (χ1) is 12.2. The highest BCUT2D eigenvalue weighted by molar-refractivity contribution is 8.12. The average Bonchev–Trinajstić information content (AvgIpc) is 2.54. The quantitative estimate of drug-likeness (QED) is 0.566. The minimum absolute atomic E-state index is 0.596. The van der Waals surface area contributed by atoms with Crippen molar-refractivity contribution in [3.8, 4) is 0 Å². The highest BCUT2D eigenvalue weighted by Gasteiger charge is 2.46. The summed E-state index contributed by atoms with van der Waals surface area (Å²) in [6.07, 6.45) is 2.20. The molecule has 1 spiro atoms. The second kappa shape index (κ2) is 9.60. The van der Waals surface area contributed by atoms with Gasteiger partial charge in [0.1, 0.15) is 0 Å². The van der Waals surface area contributed by atoms with E-state index >= 15 is 0 Å². The Morgan fingerprint density at radius 3 is 2.60 bits per heavy atom. The second-order valence-corrected chi connectivity index (χ2v) is 7.87. The first-order valence-corrected chi connectivity index (χ1v) is 10.4. The van der Waals surface area contributed by atoms with Gasteiger partial charge in [-0.25, -0.2) is 0 Å². The summed E-state index contributed by atoms with van der Waals surface area (Å²) in [6.45, 7) is 13.1. The van der Waals surface area contributed by atoms with Gasteiger partial charge in [-0.2, -0.15) is 0 Å². The molecule has 2 heterocycles.